The van der Waals surface area contributed by atoms with E-state index < -0.39 is 6.04 Å². The van der Waals surface area contributed by atoms with Gasteiger partial charge < -0.3 is 10.6 Å². The lowest BCUT2D eigenvalue weighted by atomic mass is 9.88. The van der Waals surface area contributed by atoms with Crippen molar-refractivity contribution >= 4 is 17.6 Å². The molecule has 3 N–H and O–H groups in total. The third-order valence-corrected chi connectivity index (χ3v) is 6.82. The molecule has 10 nitrogen and oxygen atoms in total. The number of carbonyl (C=O) groups excluding carboxylic acids is 2. The van der Waals surface area contributed by atoms with E-state index in [2.05, 4.69) is 35.9 Å². The number of anilines is 1. The molecule has 3 aromatic rings. The van der Waals surface area contributed by atoms with Crippen LogP contribution in [0.4, 0.5) is 5.82 Å². The van der Waals surface area contributed by atoms with Gasteiger partial charge in [-0.05, 0) is 70.3 Å². The molecule has 2 amide bonds. The molecule has 1 unspecified atom stereocenters. The van der Waals surface area contributed by atoms with Crippen LogP contribution in [0.1, 0.15) is 54.5 Å². The molecule has 3 aromatic heterocycles. The van der Waals surface area contributed by atoms with Gasteiger partial charge in [-0.3, -0.25) is 24.4 Å². The molecule has 0 aromatic carbocycles. The molecular weight excluding hydrogens is 432 g/mol. The summed E-state index contributed by atoms with van der Waals surface area (Å²) in [6.45, 7) is 6.35. The van der Waals surface area contributed by atoms with E-state index in [-0.39, 0.29) is 17.7 Å². The zero-order valence-electron chi connectivity index (χ0n) is 19.7. The number of nitrogens with zero attached hydrogens (tertiary/aromatic N) is 5. The highest BCUT2D eigenvalue weighted by Crippen LogP contribution is 2.50. The molecule has 0 bridgehead atoms. The van der Waals surface area contributed by atoms with Crippen molar-refractivity contribution < 1.29 is 9.59 Å². The van der Waals surface area contributed by atoms with Crippen LogP contribution in [0, 0.1) is 31.6 Å². The van der Waals surface area contributed by atoms with Gasteiger partial charge in [0, 0.05) is 24.0 Å². The van der Waals surface area contributed by atoms with Crippen LogP contribution in [0.2, 0.25) is 0 Å². The predicted molar refractivity (Wildman–Crippen MR) is 126 cm³/mol. The Hall–Kier alpha value is -3.56. The van der Waals surface area contributed by atoms with E-state index in [1.165, 1.54) is 0 Å². The van der Waals surface area contributed by atoms with Gasteiger partial charge in [0.2, 0.25) is 5.91 Å². The quantitative estimate of drug-likeness (QED) is 0.448. The molecule has 34 heavy (non-hydrogen) atoms. The first-order valence-corrected chi connectivity index (χ1v) is 11.9. The zero-order chi connectivity index (χ0) is 23.8. The molecule has 5 rings (SSSR count). The number of aromatic nitrogens is 6. The van der Waals surface area contributed by atoms with E-state index in [1.54, 1.807) is 29.3 Å². The van der Waals surface area contributed by atoms with E-state index in [9.17, 15) is 9.59 Å². The number of rotatable bonds is 9. The third-order valence-electron chi connectivity index (χ3n) is 6.82. The summed E-state index contributed by atoms with van der Waals surface area (Å²) in [4.78, 5) is 35.5. The molecule has 178 valence electrons. The van der Waals surface area contributed by atoms with Crippen LogP contribution in [0.15, 0.2) is 24.7 Å². The smallest absolute Gasteiger partial charge is 0.270 e. The second kappa shape index (κ2) is 9.00. The molecular formula is C24H30N8O2. The minimum atomic E-state index is -0.632. The van der Waals surface area contributed by atoms with Gasteiger partial charge in [0.25, 0.3) is 5.91 Å². The van der Waals surface area contributed by atoms with Gasteiger partial charge in [0.15, 0.2) is 5.82 Å². The Kier molecular flexibility index (Phi) is 5.89. The fourth-order valence-electron chi connectivity index (χ4n) is 4.87. The van der Waals surface area contributed by atoms with Crippen LogP contribution in [0.5, 0.6) is 0 Å². The fraction of sp³-hybridized carbons (Fsp3) is 0.500. The second-order valence-corrected chi connectivity index (χ2v) is 9.32. The molecule has 1 atom stereocenters. The highest BCUT2D eigenvalue weighted by molar-refractivity contribution is 6.00. The molecule has 10 heteroatoms. The predicted octanol–water partition coefficient (Wildman–Crippen LogP) is 2.87. The fourth-order valence-corrected chi connectivity index (χ4v) is 4.87. The van der Waals surface area contributed by atoms with Gasteiger partial charge in [-0.15, -0.1) is 0 Å². The number of carbonyl (C=O) groups is 2. The topological polar surface area (TPSA) is 130 Å². The highest BCUT2D eigenvalue weighted by Gasteiger charge is 2.48. The molecule has 0 spiro atoms. The van der Waals surface area contributed by atoms with E-state index in [0.717, 1.165) is 42.6 Å². The van der Waals surface area contributed by atoms with Gasteiger partial charge in [-0.1, -0.05) is 0 Å². The molecule has 2 fully saturated rings. The number of hydrogen-bond acceptors (Lipinski definition) is 6. The Morgan fingerprint density at radius 1 is 1.15 bits per heavy atom. The summed E-state index contributed by atoms with van der Waals surface area (Å²) >= 11 is 0. The van der Waals surface area contributed by atoms with E-state index in [1.807, 2.05) is 20.8 Å². The summed E-state index contributed by atoms with van der Waals surface area (Å²) < 4.78 is 1.64. The Labute approximate surface area is 198 Å². The van der Waals surface area contributed by atoms with Gasteiger partial charge in [0.05, 0.1) is 23.8 Å². The average Bonchev–Trinajstić information content (AvgIpc) is 3.76. The van der Waals surface area contributed by atoms with Crippen molar-refractivity contribution in [3.05, 3.63) is 41.7 Å². The minimum Gasteiger partial charge on any atom is -0.339 e. The molecule has 0 aliphatic heterocycles. The number of aryl methyl sites for hydroxylation is 3. The monoisotopic (exact) mass is 462 g/mol. The first-order chi connectivity index (χ1) is 16.5. The van der Waals surface area contributed by atoms with Crippen molar-refractivity contribution in [3.8, 4) is 11.3 Å². The molecule has 2 saturated carbocycles. The largest absolute Gasteiger partial charge is 0.339 e. The Morgan fingerprint density at radius 2 is 1.88 bits per heavy atom. The number of nitrogens with one attached hydrogen (secondary N) is 3. The maximum Gasteiger partial charge on any atom is 0.270 e. The van der Waals surface area contributed by atoms with Crippen LogP contribution < -0.4 is 10.6 Å². The van der Waals surface area contributed by atoms with Crippen LogP contribution >= 0.6 is 0 Å². The summed E-state index contributed by atoms with van der Waals surface area (Å²) in [6, 6.07) is 1.05. The van der Waals surface area contributed by atoms with Crippen LogP contribution in [0.3, 0.4) is 0 Å². The van der Waals surface area contributed by atoms with Crippen LogP contribution in [-0.2, 0) is 11.3 Å². The van der Waals surface area contributed by atoms with E-state index in [0.29, 0.717) is 35.6 Å². The van der Waals surface area contributed by atoms with Gasteiger partial charge in [-0.2, -0.15) is 10.2 Å². The Balaban J connectivity index is 1.35. The first-order valence-electron chi connectivity index (χ1n) is 11.9. The van der Waals surface area contributed by atoms with Gasteiger partial charge >= 0.3 is 0 Å². The van der Waals surface area contributed by atoms with E-state index in [4.69, 9.17) is 0 Å². The first kappa shape index (κ1) is 22.2. The van der Waals surface area contributed by atoms with Crippen molar-refractivity contribution in [2.75, 3.05) is 5.32 Å². The van der Waals surface area contributed by atoms with Gasteiger partial charge in [-0.25, -0.2) is 4.98 Å². The van der Waals surface area contributed by atoms with Crippen molar-refractivity contribution in [1.82, 2.24) is 35.3 Å². The minimum absolute atomic E-state index is 0.130. The maximum atomic E-state index is 13.5. The molecule has 0 radical (unpaired) electrons. The maximum absolute atomic E-state index is 13.5. The Bertz CT molecular complexity index is 1160. The van der Waals surface area contributed by atoms with Crippen LogP contribution in [0.25, 0.3) is 11.3 Å². The van der Waals surface area contributed by atoms with E-state index >= 15 is 0 Å². The standard InChI is InChI=1S/C24H30N8O2/c1-4-32-18(9-10-27-32)23(33)29-22(21(15-5-6-15)16-7-8-16)24(34)28-19-12-25-17(11-26-19)20-13(2)30-31-14(20)3/h9-12,15-16,21-22H,4-8H2,1-3H3,(H,29,33)(H,30,31)(H,26,28,34). The zero-order valence-corrected chi connectivity index (χ0v) is 19.7. The van der Waals surface area contributed by atoms with Crippen molar-refractivity contribution in [2.45, 2.75) is 59.0 Å². The summed E-state index contributed by atoms with van der Waals surface area (Å²) in [5, 5.41) is 17.3. The number of amides is 2. The number of hydrogen-bond donors (Lipinski definition) is 3. The third kappa shape index (κ3) is 4.44. The highest BCUT2D eigenvalue weighted by atomic mass is 16.2. The molecule has 2 aliphatic carbocycles. The Morgan fingerprint density at radius 3 is 2.44 bits per heavy atom. The summed E-state index contributed by atoms with van der Waals surface area (Å²) in [5.74, 6) is 0.900. The normalized spacial score (nSPS) is 16.5. The second-order valence-electron chi connectivity index (χ2n) is 9.32. The van der Waals surface area contributed by atoms with Crippen molar-refractivity contribution in [2.24, 2.45) is 17.8 Å². The number of aromatic amines is 1. The lowest BCUT2D eigenvalue weighted by molar-refractivity contribution is -0.119. The summed E-state index contributed by atoms with van der Waals surface area (Å²) in [5.41, 5.74) is 3.81. The molecule has 0 saturated heterocycles. The summed E-state index contributed by atoms with van der Waals surface area (Å²) in [6.07, 6.45) is 9.20. The molecule has 2 aliphatic rings. The SMILES string of the molecule is CCn1nccc1C(=O)NC(C(=O)Nc1cnc(-c2c(C)n[nH]c2C)cn1)C(C1CC1)C1CC1. The van der Waals surface area contributed by atoms with Crippen LogP contribution in [-0.4, -0.2) is 47.8 Å². The van der Waals surface area contributed by atoms with Crippen molar-refractivity contribution in [3.63, 3.8) is 0 Å². The molecule has 3 heterocycles. The number of H-pyrrole nitrogens is 1. The van der Waals surface area contributed by atoms with Gasteiger partial charge in [0.1, 0.15) is 11.7 Å². The summed E-state index contributed by atoms with van der Waals surface area (Å²) in [7, 11) is 0. The average molecular weight is 463 g/mol. The lowest BCUT2D eigenvalue weighted by Crippen LogP contribution is -2.50. The lowest BCUT2D eigenvalue weighted by Gasteiger charge is -2.27. The van der Waals surface area contributed by atoms with Crippen molar-refractivity contribution in [1.29, 1.82) is 0 Å².